The van der Waals surface area contributed by atoms with E-state index < -0.39 is 0 Å². The molecule has 0 spiro atoms. The number of rotatable bonds is 3. The number of carbonyl (C=O) groups is 2. The van der Waals surface area contributed by atoms with Crippen molar-refractivity contribution in [3.8, 4) is 0 Å². The van der Waals surface area contributed by atoms with Crippen molar-refractivity contribution >= 4 is 40.8 Å². The molecule has 0 saturated heterocycles. The van der Waals surface area contributed by atoms with E-state index in [1.165, 1.54) is 0 Å². The van der Waals surface area contributed by atoms with E-state index in [0.717, 1.165) is 26.7 Å². The highest BCUT2D eigenvalue weighted by Crippen LogP contribution is 2.42. The topological polar surface area (TPSA) is 61.4 Å². The zero-order valence-electron chi connectivity index (χ0n) is 16.2. The fourth-order valence-corrected chi connectivity index (χ4v) is 4.37. The van der Waals surface area contributed by atoms with E-state index in [2.05, 4.69) is 10.6 Å². The zero-order valence-corrected chi connectivity index (χ0v) is 17.0. The molecule has 3 aromatic carbocycles. The van der Waals surface area contributed by atoms with Gasteiger partial charge < -0.3 is 15.5 Å². The van der Waals surface area contributed by atoms with Crippen molar-refractivity contribution in [3.63, 3.8) is 0 Å². The van der Waals surface area contributed by atoms with E-state index in [9.17, 15) is 9.59 Å². The van der Waals surface area contributed by atoms with Gasteiger partial charge in [-0.05, 0) is 55.8 Å². The van der Waals surface area contributed by atoms with Crippen molar-refractivity contribution in [2.24, 2.45) is 0 Å². The second-order valence-electron chi connectivity index (χ2n) is 6.72. The first-order chi connectivity index (χ1) is 14.1. The monoisotopic (exact) mass is 403 g/mol. The third kappa shape index (κ3) is 3.84. The summed E-state index contributed by atoms with van der Waals surface area (Å²) >= 11 is 1.57. The predicted octanol–water partition coefficient (Wildman–Crippen LogP) is 5.77. The Balaban J connectivity index is 1.61. The Morgan fingerprint density at radius 3 is 2.52 bits per heavy atom. The number of hydrogen-bond donors (Lipinski definition) is 2. The Labute approximate surface area is 174 Å². The summed E-state index contributed by atoms with van der Waals surface area (Å²) in [5.41, 5.74) is 3.88. The summed E-state index contributed by atoms with van der Waals surface area (Å²) < 4.78 is 0. The van der Waals surface area contributed by atoms with Crippen LogP contribution < -0.4 is 15.5 Å². The van der Waals surface area contributed by atoms with Crippen molar-refractivity contribution < 1.29 is 9.59 Å². The van der Waals surface area contributed by atoms with Crippen LogP contribution in [0.25, 0.3) is 0 Å². The van der Waals surface area contributed by atoms with Gasteiger partial charge in [0.05, 0.1) is 11.3 Å². The molecule has 6 heteroatoms. The quantitative estimate of drug-likeness (QED) is 0.583. The molecule has 0 fully saturated rings. The fraction of sp³-hybridized carbons (Fsp3) is 0.130. The Morgan fingerprint density at radius 2 is 1.72 bits per heavy atom. The first-order valence-electron chi connectivity index (χ1n) is 9.43. The van der Waals surface area contributed by atoms with Crippen LogP contribution >= 0.6 is 11.8 Å². The van der Waals surface area contributed by atoms with Gasteiger partial charge in [0.15, 0.2) is 0 Å². The maximum absolute atomic E-state index is 13.1. The average molecular weight is 404 g/mol. The van der Waals surface area contributed by atoms with Gasteiger partial charge in [0, 0.05) is 27.7 Å². The fourth-order valence-electron chi connectivity index (χ4n) is 3.31. The number of nitrogens with zero attached hydrogens (tertiary/aromatic N) is 1. The van der Waals surface area contributed by atoms with E-state index >= 15 is 0 Å². The Kier molecular flexibility index (Phi) is 5.27. The number of hydrogen-bond acceptors (Lipinski definition) is 3. The minimum absolute atomic E-state index is 0.0316. The third-order valence-corrected chi connectivity index (χ3v) is 5.94. The number of benzene rings is 3. The van der Waals surface area contributed by atoms with Crippen LogP contribution in [0.1, 0.15) is 22.8 Å². The maximum atomic E-state index is 13.1. The molecule has 0 aromatic heterocycles. The molecular formula is C23H21N3O2S. The van der Waals surface area contributed by atoms with Crippen molar-refractivity contribution in [2.45, 2.75) is 23.6 Å². The lowest BCUT2D eigenvalue weighted by molar-refractivity contribution is 0.0985. The smallest absolute Gasteiger partial charge is 0.308 e. The minimum Gasteiger partial charge on any atom is -0.308 e. The largest absolute Gasteiger partial charge is 0.323 e. The molecule has 146 valence electrons. The van der Waals surface area contributed by atoms with Crippen LogP contribution in [-0.2, 0) is 0 Å². The van der Waals surface area contributed by atoms with Crippen molar-refractivity contribution in [2.75, 3.05) is 22.1 Å². The summed E-state index contributed by atoms with van der Waals surface area (Å²) in [4.78, 5) is 29.2. The van der Waals surface area contributed by atoms with E-state index in [0.29, 0.717) is 17.8 Å². The summed E-state index contributed by atoms with van der Waals surface area (Å²) in [6, 6.07) is 20.6. The first-order valence-corrected chi connectivity index (χ1v) is 10.2. The molecule has 3 amide bonds. The molecule has 0 unspecified atom stereocenters. The van der Waals surface area contributed by atoms with Crippen LogP contribution in [0.5, 0.6) is 0 Å². The number of amides is 3. The summed E-state index contributed by atoms with van der Waals surface area (Å²) in [5.74, 6) is -0.0316. The van der Waals surface area contributed by atoms with Gasteiger partial charge in [-0.3, -0.25) is 4.79 Å². The van der Waals surface area contributed by atoms with E-state index in [-0.39, 0.29) is 11.9 Å². The van der Waals surface area contributed by atoms with E-state index in [1.54, 1.807) is 16.7 Å². The van der Waals surface area contributed by atoms with Gasteiger partial charge in [-0.2, -0.15) is 0 Å². The van der Waals surface area contributed by atoms with Crippen molar-refractivity contribution in [1.82, 2.24) is 0 Å². The highest BCUT2D eigenvalue weighted by atomic mass is 32.2. The van der Waals surface area contributed by atoms with Crippen molar-refractivity contribution in [1.29, 1.82) is 0 Å². The lowest BCUT2D eigenvalue weighted by Gasteiger charge is -2.22. The van der Waals surface area contributed by atoms with Crippen molar-refractivity contribution in [3.05, 3.63) is 77.9 Å². The molecule has 1 aliphatic heterocycles. The van der Waals surface area contributed by atoms with Crippen LogP contribution in [-0.4, -0.2) is 18.5 Å². The number of carbonyl (C=O) groups excluding carboxylic acids is 2. The molecule has 0 saturated carbocycles. The second kappa shape index (κ2) is 8.01. The van der Waals surface area contributed by atoms with E-state index in [1.807, 2.05) is 80.6 Å². The van der Waals surface area contributed by atoms with Crippen LogP contribution in [0.4, 0.5) is 21.9 Å². The summed E-state index contributed by atoms with van der Waals surface area (Å²) in [6.07, 6.45) is 0. The number of urea groups is 1. The molecule has 4 rings (SSSR count). The molecule has 5 nitrogen and oxygen atoms in total. The van der Waals surface area contributed by atoms with Gasteiger partial charge in [0.2, 0.25) is 0 Å². The summed E-state index contributed by atoms with van der Waals surface area (Å²) in [5, 5.41) is 5.73. The molecule has 0 atom stereocenters. The van der Waals surface area contributed by atoms with Crippen LogP contribution in [0.2, 0.25) is 0 Å². The molecule has 0 aliphatic carbocycles. The molecule has 1 aliphatic rings. The standard InChI is InChI=1S/C23H21N3O2S/c1-3-26-19-14-16(24-23(28)25-18-10-6-4-8-15(18)2)12-13-21(19)29-20-11-7-5-9-17(20)22(26)27/h4-14H,3H2,1-2H3,(H2,24,25,28). The Bertz CT molecular complexity index is 1100. The Morgan fingerprint density at radius 1 is 0.966 bits per heavy atom. The van der Waals surface area contributed by atoms with Crippen LogP contribution in [0.3, 0.4) is 0 Å². The number of anilines is 3. The lowest BCUT2D eigenvalue weighted by Crippen LogP contribution is -2.30. The summed E-state index contributed by atoms with van der Waals surface area (Å²) in [6.45, 7) is 4.43. The van der Waals surface area contributed by atoms with Gasteiger partial charge in [-0.15, -0.1) is 0 Å². The van der Waals surface area contributed by atoms with Gasteiger partial charge in [-0.25, -0.2) is 4.79 Å². The highest BCUT2D eigenvalue weighted by molar-refractivity contribution is 7.99. The number of aryl methyl sites for hydroxylation is 1. The van der Waals surface area contributed by atoms with Gasteiger partial charge in [0.1, 0.15) is 0 Å². The number of nitrogens with one attached hydrogen (secondary N) is 2. The zero-order chi connectivity index (χ0) is 20.4. The highest BCUT2D eigenvalue weighted by Gasteiger charge is 2.26. The minimum atomic E-state index is -0.321. The molecule has 0 bridgehead atoms. The average Bonchev–Trinajstić information content (AvgIpc) is 2.83. The van der Waals surface area contributed by atoms with Crippen LogP contribution in [0.15, 0.2) is 76.5 Å². The Hall–Kier alpha value is -3.25. The van der Waals surface area contributed by atoms with Gasteiger partial charge in [0.25, 0.3) is 5.91 Å². The second-order valence-corrected chi connectivity index (χ2v) is 7.81. The van der Waals surface area contributed by atoms with Gasteiger partial charge >= 0.3 is 6.03 Å². The normalized spacial score (nSPS) is 12.6. The van der Waals surface area contributed by atoms with Crippen LogP contribution in [0, 0.1) is 6.92 Å². The third-order valence-electron chi connectivity index (χ3n) is 4.80. The molecule has 0 radical (unpaired) electrons. The predicted molar refractivity (Wildman–Crippen MR) is 118 cm³/mol. The maximum Gasteiger partial charge on any atom is 0.323 e. The number of para-hydroxylation sites is 1. The van der Waals surface area contributed by atoms with Gasteiger partial charge in [-0.1, -0.05) is 42.1 Å². The van der Waals surface area contributed by atoms with E-state index in [4.69, 9.17) is 0 Å². The first kappa shape index (κ1) is 19.1. The molecular weight excluding hydrogens is 382 g/mol. The molecule has 1 heterocycles. The number of fused-ring (bicyclic) bond motifs is 2. The molecule has 3 aromatic rings. The lowest BCUT2D eigenvalue weighted by atomic mass is 10.1. The molecule has 2 N–H and O–H groups in total. The SMILES string of the molecule is CCN1C(=O)c2ccccc2Sc2ccc(NC(=O)Nc3ccccc3C)cc21. The molecule has 29 heavy (non-hydrogen) atoms. The summed E-state index contributed by atoms with van der Waals surface area (Å²) in [7, 11) is 0.